The predicted octanol–water partition coefficient (Wildman–Crippen LogP) is 1.65. The highest BCUT2D eigenvalue weighted by molar-refractivity contribution is 5.85. The van der Waals surface area contributed by atoms with Crippen LogP contribution in [-0.4, -0.2) is 25.0 Å². The second-order valence-electron chi connectivity index (χ2n) is 2.99. The molecule has 1 unspecified atom stereocenters. The summed E-state index contributed by atoms with van der Waals surface area (Å²) < 4.78 is 12.5. The number of nitrogens with two attached hydrogens (primary N) is 1. The standard InChI is InChI=1S/C8H15FN2O.ClH/c9-7(5-10)6-12-11-8-3-1-2-4-8;/h7H,1-6,10H2;1H. The molecule has 0 aliphatic heterocycles. The molecule has 13 heavy (non-hydrogen) atoms. The highest BCUT2D eigenvalue weighted by atomic mass is 35.5. The number of oxime groups is 1. The Morgan fingerprint density at radius 1 is 1.46 bits per heavy atom. The van der Waals surface area contributed by atoms with Gasteiger partial charge in [-0.2, -0.15) is 0 Å². The third kappa shape index (κ3) is 5.05. The summed E-state index contributed by atoms with van der Waals surface area (Å²) in [7, 11) is 0. The molecular weight excluding hydrogens is 195 g/mol. The van der Waals surface area contributed by atoms with Crippen LogP contribution in [0, 0.1) is 0 Å². The molecule has 1 fully saturated rings. The molecular formula is C8H16ClFN2O. The third-order valence-electron chi connectivity index (χ3n) is 1.89. The summed E-state index contributed by atoms with van der Waals surface area (Å²) in [5.41, 5.74) is 6.12. The number of hydrogen-bond acceptors (Lipinski definition) is 3. The maximum Gasteiger partial charge on any atom is 0.149 e. The van der Waals surface area contributed by atoms with Crippen LogP contribution in [0.2, 0.25) is 0 Å². The molecule has 0 saturated heterocycles. The van der Waals surface area contributed by atoms with E-state index in [9.17, 15) is 4.39 Å². The molecule has 0 spiro atoms. The van der Waals surface area contributed by atoms with Crippen molar-refractivity contribution in [2.75, 3.05) is 13.2 Å². The zero-order valence-corrected chi connectivity index (χ0v) is 8.36. The molecule has 3 nitrogen and oxygen atoms in total. The lowest BCUT2D eigenvalue weighted by molar-refractivity contribution is 0.0893. The summed E-state index contributed by atoms with van der Waals surface area (Å²) in [6.45, 7) is -0.00907. The van der Waals surface area contributed by atoms with E-state index in [1.165, 1.54) is 12.8 Å². The molecule has 2 N–H and O–H groups in total. The Bertz CT molecular complexity index is 158. The lowest BCUT2D eigenvalue weighted by atomic mass is 10.3. The molecule has 0 radical (unpaired) electrons. The molecule has 1 aliphatic carbocycles. The van der Waals surface area contributed by atoms with Crippen LogP contribution in [0.1, 0.15) is 25.7 Å². The molecule has 0 bridgehead atoms. The van der Waals surface area contributed by atoms with Crippen LogP contribution in [0.4, 0.5) is 4.39 Å². The van der Waals surface area contributed by atoms with Gasteiger partial charge in [0.1, 0.15) is 12.8 Å². The quantitative estimate of drug-likeness (QED) is 0.718. The minimum absolute atomic E-state index is 0. The molecule has 78 valence electrons. The van der Waals surface area contributed by atoms with E-state index >= 15 is 0 Å². The average Bonchev–Trinajstić information content (AvgIpc) is 2.57. The highest BCUT2D eigenvalue weighted by Crippen LogP contribution is 2.14. The van der Waals surface area contributed by atoms with Crippen molar-refractivity contribution in [1.29, 1.82) is 0 Å². The molecule has 5 heteroatoms. The summed E-state index contributed by atoms with van der Waals surface area (Å²) in [5.74, 6) is 0. The monoisotopic (exact) mass is 210 g/mol. The van der Waals surface area contributed by atoms with Crippen molar-refractivity contribution in [1.82, 2.24) is 0 Å². The first-order valence-corrected chi connectivity index (χ1v) is 4.34. The van der Waals surface area contributed by atoms with Crippen LogP contribution in [0.5, 0.6) is 0 Å². The van der Waals surface area contributed by atoms with Gasteiger partial charge in [0.2, 0.25) is 0 Å². The number of halogens is 2. The molecule has 0 aromatic heterocycles. The molecule has 1 aliphatic rings. The number of alkyl halides is 1. The lowest BCUT2D eigenvalue weighted by Crippen LogP contribution is -2.20. The smallest absolute Gasteiger partial charge is 0.149 e. The molecule has 1 atom stereocenters. The summed E-state index contributed by atoms with van der Waals surface area (Å²) in [6, 6.07) is 0. The van der Waals surface area contributed by atoms with Gasteiger partial charge in [-0.3, -0.25) is 0 Å². The number of nitrogens with zero attached hydrogens (tertiary/aromatic N) is 1. The Morgan fingerprint density at radius 3 is 2.62 bits per heavy atom. The topological polar surface area (TPSA) is 47.6 Å². The second kappa shape index (κ2) is 7.09. The van der Waals surface area contributed by atoms with Crippen molar-refractivity contribution < 1.29 is 9.23 Å². The maximum absolute atomic E-state index is 12.5. The van der Waals surface area contributed by atoms with Crippen LogP contribution in [0.3, 0.4) is 0 Å². The van der Waals surface area contributed by atoms with Crippen molar-refractivity contribution in [3.05, 3.63) is 0 Å². The minimum atomic E-state index is -1.09. The van der Waals surface area contributed by atoms with Gasteiger partial charge in [-0.15, -0.1) is 12.4 Å². The van der Waals surface area contributed by atoms with Gasteiger partial charge in [0.15, 0.2) is 0 Å². The average molecular weight is 211 g/mol. The van der Waals surface area contributed by atoms with Crippen LogP contribution >= 0.6 is 12.4 Å². The van der Waals surface area contributed by atoms with Gasteiger partial charge in [0, 0.05) is 6.54 Å². The highest BCUT2D eigenvalue weighted by Gasteiger charge is 2.09. The first-order chi connectivity index (χ1) is 5.83. The maximum atomic E-state index is 12.5. The van der Waals surface area contributed by atoms with Crippen molar-refractivity contribution in [2.45, 2.75) is 31.9 Å². The van der Waals surface area contributed by atoms with Gasteiger partial charge in [-0.1, -0.05) is 5.16 Å². The van der Waals surface area contributed by atoms with Crippen molar-refractivity contribution in [3.63, 3.8) is 0 Å². The Balaban J connectivity index is 0.00000144. The first-order valence-electron chi connectivity index (χ1n) is 4.34. The van der Waals surface area contributed by atoms with Gasteiger partial charge < -0.3 is 10.6 Å². The van der Waals surface area contributed by atoms with E-state index in [4.69, 9.17) is 10.6 Å². The fraction of sp³-hybridized carbons (Fsp3) is 0.875. The Hall–Kier alpha value is -0.350. The summed E-state index contributed by atoms with van der Waals surface area (Å²) in [6.07, 6.45) is 3.27. The summed E-state index contributed by atoms with van der Waals surface area (Å²) in [4.78, 5) is 4.80. The largest absolute Gasteiger partial charge is 0.393 e. The van der Waals surface area contributed by atoms with Crippen LogP contribution in [0.15, 0.2) is 5.16 Å². The van der Waals surface area contributed by atoms with Gasteiger partial charge in [-0.25, -0.2) is 4.39 Å². The van der Waals surface area contributed by atoms with E-state index in [0.29, 0.717) is 0 Å². The molecule has 0 heterocycles. The van der Waals surface area contributed by atoms with Gasteiger partial charge in [0.25, 0.3) is 0 Å². The van der Waals surface area contributed by atoms with Crippen LogP contribution in [-0.2, 0) is 4.84 Å². The van der Waals surface area contributed by atoms with E-state index in [2.05, 4.69) is 5.16 Å². The van der Waals surface area contributed by atoms with Crippen LogP contribution in [0.25, 0.3) is 0 Å². The minimum Gasteiger partial charge on any atom is -0.393 e. The normalized spacial score (nSPS) is 17.8. The Labute approximate surface area is 83.9 Å². The van der Waals surface area contributed by atoms with Gasteiger partial charge >= 0.3 is 0 Å². The molecule has 1 saturated carbocycles. The van der Waals surface area contributed by atoms with Gasteiger partial charge in [-0.05, 0) is 25.7 Å². The number of rotatable bonds is 4. The SMILES string of the molecule is Cl.NCC(F)CON=C1CCCC1. The Kier molecular flexibility index (Phi) is 6.90. The molecule has 0 amide bonds. The lowest BCUT2D eigenvalue weighted by Gasteiger charge is -2.03. The van der Waals surface area contributed by atoms with E-state index in [1.807, 2.05) is 0 Å². The second-order valence-corrected chi connectivity index (χ2v) is 2.99. The predicted molar refractivity (Wildman–Crippen MR) is 53.1 cm³/mol. The van der Waals surface area contributed by atoms with Crippen molar-refractivity contribution in [2.24, 2.45) is 10.9 Å². The molecule has 1 rings (SSSR count). The fourth-order valence-electron chi connectivity index (χ4n) is 1.15. The van der Waals surface area contributed by atoms with Gasteiger partial charge in [0.05, 0.1) is 5.71 Å². The number of hydrogen-bond donors (Lipinski definition) is 1. The zero-order chi connectivity index (χ0) is 8.81. The Morgan fingerprint density at radius 2 is 2.08 bits per heavy atom. The van der Waals surface area contributed by atoms with Crippen molar-refractivity contribution >= 4 is 18.1 Å². The third-order valence-corrected chi connectivity index (χ3v) is 1.89. The zero-order valence-electron chi connectivity index (χ0n) is 7.54. The molecule has 0 aromatic carbocycles. The first kappa shape index (κ1) is 12.7. The van der Waals surface area contributed by atoms with Crippen LogP contribution < -0.4 is 5.73 Å². The van der Waals surface area contributed by atoms with E-state index in [-0.39, 0.29) is 25.6 Å². The van der Waals surface area contributed by atoms with E-state index in [1.54, 1.807) is 0 Å². The summed E-state index contributed by atoms with van der Waals surface area (Å²) >= 11 is 0. The summed E-state index contributed by atoms with van der Waals surface area (Å²) in [5, 5.41) is 3.83. The molecule has 0 aromatic rings. The van der Waals surface area contributed by atoms with E-state index in [0.717, 1.165) is 18.6 Å². The fourth-order valence-corrected chi connectivity index (χ4v) is 1.15. The van der Waals surface area contributed by atoms with Crippen molar-refractivity contribution in [3.8, 4) is 0 Å². The van der Waals surface area contributed by atoms with E-state index < -0.39 is 6.17 Å².